The molecule has 2 fully saturated rings. The molecule has 0 saturated carbocycles. The van der Waals surface area contributed by atoms with Gasteiger partial charge in [0.1, 0.15) is 5.82 Å². The number of aryl methyl sites for hydroxylation is 1. The first kappa shape index (κ1) is 23.0. The van der Waals surface area contributed by atoms with Crippen LogP contribution in [0.5, 0.6) is 0 Å². The quantitative estimate of drug-likeness (QED) is 0.583. The number of benzene rings is 1. The summed E-state index contributed by atoms with van der Waals surface area (Å²) >= 11 is 0. The Bertz CT molecular complexity index is 1170. The number of likely N-dealkylation sites (tertiary alicyclic amines) is 1. The Morgan fingerprint density at radius 1 is 0.829 bits per heavy atom. The highest BCUT2D eigenvalue weighted by Crippen LogP contribution is 2.26. The minimum absolute atomic E-state index is 0.0499. The summed E-state index contributed by atoms with van der Waals surface area (Å²) in [5, 5.41) is 0. The summed E-state index contributed by atoms with van der Waals surface area (Å²) < 4.78 is 0. The van der Waals surface area contributed by atoms with E-state index in [1.807, 2.05) is 65.3 Å². The van der Waals surface area contributed by atoms with Crippen LogP contribution in [0.1, 0.15) is 28.8 Å². The molecule has 5 rings (SSSR count). The second-order valence-corrected chi connectivity index (χ2v) is 9.36. The molecule has 2 aromatic heterocycles. The lowest BCUT2D eigenvalue weighted by atomic mass is 9.95. The van der Waals surface area contributed by atoms with Gasteiger partial charge in [0, 0.05) is 57.2 Å². The van der Waals surface area contributed by atoms with Crippen LogP contribution in [-0.2, 0) is 4.79 Å². The lowest BCUT2D eigenvalue weighted by Gasteiger charge is -2.39. The van der Waals surface area contributed by atoms with E-state index in [0.29, 0.717) is 37.4 Å². The summed E-state index contributed by atoms with van der Waals surface area (Å²) in [6.07, 6.45) is 5.17. The molecule has 180 valence electrons. The number of aromatic nitrogens is 2. The largest absolute Gasteiger partial charge is 0.353 e. The van der Waals surface area contributed by atoms with Gasteiger partial charge in [-0.05, 0) is 44.0 Å². The van der Waals surface area contributed by atoms with Gasteiger partial charge >= 0.3 is 0 Å². The Hall–Kier alpha value is -3.74. The van der Waals surface area contributed by atoms with Gasteiger partial charge in [-0.15, -0.1) is 0 Å². The Kier molecular flexibility index (Phi) is 6.75. The van der Waals surface area contributed by atoms with Crippen molar-refractivity contribution in [2.24, 2.45) is 5.92 Å². The van der Waals surface area contributed by atoms with Crippen molar-refractivity contribution in [1.82, 2.24) is 19.8 Å². The Labute approximate surface area is 206 Å². The third kappa shape index (κ3) is 5.04. The maximum atomic E-state index is 13.6. The van der Waals surface area contributed by atoms with Crippen LogP contribution in [0.25, 0.3) is 11.3 Å². The second-order valence-electron chi connectivity index (χ2n) is 9.36. The van der Waals surface area contributed by atoms with Gasteiger partial charge in [0.2, 0.25) is 5.91 Å². The maximum absolute atomic E-state index is 13.6. The van der Waals surface area contributed by atoms with Crippen molar-refractivity contribution >= 4 is 17.6 Å². The van der Waals surface area contributed by atoms with Gasteiger partial charge in [-0.2, -0.15) is 0 Å². The van der Waals surface area contributed by atoms with E-state index in [2.05, 4.69) is 14.9 Å². The molecule has 35 heavy (non-hydrogen) atoms. The number of piperazine rings is 1. The molecule has 1 aromatic carbocycles. The molecule has 0 radical (unpaired) electrons. The average molecular weight is 470 g/mol. The van der Waals surface area contributed by atoms with Crippen molar-refractivity contribution in [2.75, 3.05) is 44.2 Å². The number of hydrogen-bond donors (Lipinski definition) is 0. The molecule has 1 atom stereocenters. The fourth-order valence-electron chi connectivity index (χ4n) is 5.01. The SMILES string of the molecule is Cc1ccc(-c2ncccc2C(=O)N2CCC[C@@H](C(=O)N3CCN(c4ccccn4)CC3)C2)cc1. The molecule has 7 heteroatoms. The minimum Gasteiger partial charge on any atom is -0.353 e. The predicted octanol–water partition coefficient (Wildman–Crippen LogP) is 3.65. The van der Waals surface area contributed by atoms with Crippen LogP contribution in [0.4, 0.5) is 5.82 Å². The van der Waals surface area contributed by atoms with Gasteiger partial charge in [-0.3, -0.25) is 14.6 Å². The molecule has 2 aliphatic heterocycles. The zero-order valence-electron chi connectivity index (χ0n) is 20.1. The van der Waals surface area contributed by atoms with Crippen LogP contribution in [-0.4, -0.2) is 70.9 Å². The van der Waals surface area contributed by atoms with Crippen LogP contribution >= 0.6 is 0 Å². The first-order valence-corrected chi connectivity index (χ1v) is 12.4. The van der Waals surface area contributed by atoms with Gasteiger partial charge in [0.15, 0.2) is 0 Å². The van der Waals surface area contributed by atoms with Crippen molar-refractivity contribution < 1.29 is 9.59 Å². The smallest absolute Gasteiger partial charge is 0.256 e. The van der Waals surface area contributed by atoms with Crippen molar-refractivity contribution in [3.8, 4) is 11.3 Å². The van der Waals surface area contributed by atoms with E-state index in [4.69, 9.17) is 0 Å². The van der Waals surface area contributed by atoms with Crippen molar-refractivity contribution in [3.63, 3.8) is 0 Å². The van der Waals surface area contributed by atoms with Crippen LogP contribution < -0.4 is 4.90 Å². The molecular formula is C28H31N5O2. The van der Waals surface area contributed by atoms with Gasteiger partial charge in [0.05, 0.1) is 17.2 Å². The van der Waals surface area contributed by atoms with Crippen LogP contribution in [0.2, 0.25) is 0 Å². The van der Waals surface area contributed by atoms with Gasteiger partial charge in [0.25, 0.3) is 5.91 Å². The lowest BCUT2D eigenvalue weighted by molar-refractivity contribution is -0.137. The number of carbonyl (C=O) groups is 2. The second kappa shape index (κ2) is 10.3. The number of anilines is 1. The maximum Gasteiger partial charge on any atom is 0.256 e. The van der Waals surface area contributed by atoms with E-state index < -0.39 is 0 Å². The molecule has 2 saturated heterocycles. The van der Waals surface area contributed by atoms with Crippen LogP contribution in [0.3, 0.4) is 0 Å². The van der Waals surface area contributed by atoms with E-state index in [9.17, 15) is 9.59 Å². The predicted molar refractivity (Wildman–Crippen MR) is 136 cm³/mol. The Morgan fingerprint density at radius 3 is 2.34 bits per heavy atom. The topological polar surface area (TPSA) is 69.6 Å². The highest BCUT2D eigenvalue weighted by molar-refractivity contribution is 6.00. The van der Waals surface area contributed by atoms with E-state index in [-0.39, 0.29) is 17.7 Å². The van der Waals surface area contributed by atoms with E-state index in [1.165, 1.54) is 0 Å². The summed E-state index contributed by atoms with van der Waals surface area (Å²) in [4.78, 5) is 41.9. The summed E-state index contributed by atoms with van der Waals surface area (Å²) in [5.41, 5.74) is 3.37. The lowest BCUT2D eigenvalue weighted by Crippen LogP contribution is -2.53. The number of carbonyl (C=O) groups excluding carboxylic acids is 2. The Balaban J connectivity index is 1.25. The van der Waals surface area contributed by atoms with Crippen molar-refractivity contribution in [3.05, 3.63) is 78.1 Å². The first-order chi connectivity index (χ1) is 17.1. The summed E-state index contributed by atoms with van der Waals surface area (Å²) in [5.74, 6) is 0.905. The van der Waals surface area contributed by atoms with Crippen molar-refractivity contribution in [1.29, 1.82) is 0 Å². The van der Waals surface area contributed by atoms with Gasteiger partial charge in [-0.1, -0.05) is 35.9 Å². The molecular weight excluding hydrogens is 438 g/mol. The standard InChI is InChI=1S/C28H31N5O2/c1-21-9-11-22(12-10-21)26-24(7-4-14-30-26)28(35)33-15-5-6-23(20-33)27(34)32-18-16-31(17-19-32)25-8-2-3-13-29-25/h2-4,7-14,23H,5-6,15-20H2,1H3/t23-/m1/s1. The summed E-state index contributed by atoms with van der Waals surface area (Å²) in [7, 11) is 0. The molecule has 0 spiro atoms. The molecule has 7 nitrogen and oxygen atoms in total. The van der Waals surface area contributed by atoms with E-state index >= 15 is 0 Å². The van der Waals surface area contributed by atoms with Gasteiger partial charge in [-0.25, -0.2) is 4.98 Å². The minimum atomic E-state index is -0.159. The zero-order chi connectivity index (χ0) is 24.2. The summed E-state index contributed by atoms with van der Waals surface area (Å²) in [6.45, 7) is 6.07. The Morgan fingerprint density at radius 2 is 1.60 bits per heavy atom. The fraction of sp³-hybridized carbons (Fsp3) is 0.357. The van der Waals surface area contributed by atoms with E-state index in [0.717, 1.165) is 42.9 Å². The van der Waals surface area contributed by atoms with E-state index in [1.54, 1.807) is 18.5 Å². The fourth-order valence-corrected chi connectivity index (χ4v) is 5.01. The van der Waals surface area contributed by atoms with Gasteiger partial charge < -0.3 is 14.7 Å². The highest BCUT2D eigenvalue weighted by Gasteiger charge is 2.33. The molecule has 0 aliphatic carbocycles. The van der Waals surface area contributed by atoms with Crippen LogP contribution in [0, 0.1) is 12.8 Å². The molecule has 3 aromatic rings. The molecule has 0 unspecified atom stereocenters. The first-order valence-electron chi connectivity index (χ1n) is 12.4. The average Bonchev–Trinajstić information content (AvgIpc) is 2.93. The number of rotatable bonds is 4. The van der Waals surface area contributed by atoms with Crippen molar-refractivity contribution in [2.45, 2.75) is 19.8 Å². The third-order valence-corrected chi connectivity index (χ3v) is 6.99. The number of pyridine rings is 2. The summed E-state index contributed by atoms with van der Waals surface area (Å²) in [6, 6.07) is 17.6. The number of nitrogens with zero attached hydrogens (tertiary/aromatic N) is 5. The number of amides is 2. The number of piperidine rings is 1. The molecule has 2 aliphatic rings. The zero-order valence-corrected chi connectivity index (χ0v) is 20.1. The van der Waals surface area contributed by atoms with Crippen LogP contribution in [0.15, 0.2) is 67.0 Å². The third-order valence-electron chi connectivity index (χ3n) is 6.99. The molecule has 0 N–H and O–H groups in total. The normalized spacial score (nSPS) is 18.4. The molecule has 4 heterocycles. The highest BCUT2D eigenvalue weighted by atomic mass is 16.2. The monoisotopic (exact) mass is 469 g/mol. The molecule has 0 bridgehead atoms. The number of hydrogen-bond acceptors (Lipinski definition) is 5. The molecule has 2 amide bonds.